The van der Waals surface area contributed by atoms with Crippen molar-refractivity contribution < 1.29 is 27.6 Å². The summed E-state index contributed by atoms with van der Waals surface area (Å²) in [6.07, 6.45) is -1.29. The largest absolute Gasteiger partial charge is 0.460 e. The molecule has 0 aliphatic carbocycles. The summed E-state index contributed by atoms with van der Waals surface area (Å²) >= 11 is 0. The van der Waals surface area contributed by atoms with Crippen LogP contribution in [0.4, 0.5) is 24.5 Å². The number of nitrogens with zero attached hydrogens (tertiary/aromatic N) is 3. The van der Waals surface area contributed by atoms with Crippen molar-refractivity contribution in [1.82, 2.24) is 9.78 Å². The van der Waals surface area contributed by atoms with E-state index in [1.54, 1.807) is 47.4 Å². The van der Waals surface area contributed by atoms with Crippen molar-refractivity contribution in [2.24, 2.45) is 0 Å². The number of nitro benzene ring substituents is 1. The molecule has 0 spiro atoms. The van der Waals surface area contributed by atoms with Gasteiger partial charge in [0, 0.05) is 18.5 Å². The molecule has 3 aromatic rings. The van der Waals surface area contributed by atoms with Gasteiger partial charge in [-0.25, -0.2) is 4.68 Å². The quantitative estimate of drug-likeness (QED) is 0.353. The Bertz CT molecular complexity index is 1030. The van der Waals surface area contributed by atoms with E-state index in [9.17, 15) is 28.1 Å². The summed E-state index contributed by atoms with van der Waals surface area (Å²) in [6, 6.07) is 10.9. The van der Waals surface area contributed by atoms with E-state index in [0.29, 0.717) is 17.7 Å². The van der Waals surface area contributed by atoms with Crippen molar-refractivity contribution >= 4 is 17.3 Å². The molecule has 156 valence electrons. The summed E-state index contributed by atoms with van der Waals surface area (Å²) in [5, 5.41) is 17.6. The van der Waals surface area contributed by atoms with Crippen LogP contribution in [0.15, 0.2) is 60.9 Å². The van der Waals surface area contributed by atoms with Crippen molar-refractivity contribution in [2.45, 2.75) is 12.8 Å². The Labute approximate surface area is 168 Å². The zero-order chi connectivity index (χ0) is 21.7. The molecule has 1 N–H and O–H groups in total. The molecule has 0 saturated heterocycles. The fourth-order valence-corrected chi connectivity index (χ4v) is 2.56. The van der Waals surface area contributed by atoms with Crippen LogP contribution in [0.2, 0.25) is 0 Å². The Morgan fingerprint density at radius 2 is 1.93 bits per heavy atom. The highest BCUT2D eigenvalue weighted by molar-refractivity contribution is 5.76. The van der Waals surface area contributed by atoms with Gasteiger partial charge in [-0.3, -0.25) is 14.9 Å². The van der Waals surface area contributed by atoms with Crippen molar-refractivity contribution in [3.05, 3.63) is 82.2 Å². The highest BCUT2D eigenvalue weighted by Gasteiger charge is 2.33. The van der Waals surface area contributed by atoms with Crippen LogP contribution in [-0.4, -0.2) is 27.2 Å². The van der Waals surface area contributed by atoms with E-state index in [4.69, 9.17) is 4.74 Å². The summed E-state index contributed by atoms with van der Waals surface area (Å²) in [6.45, 7) is -0.480. The molecular weight excluding hydrogens is 405 g/mol. The van der Waals surface area contributed by atoms with Crippen LogP contribution in [-0.2, 0) is 22.3 Å². The van der Waals surface area contributed by atoms with E-state index in [1.165, 1.54) is 0 Å². The fraction of sp³-hybridized carbons (Fsp3) is 0.158. The monoisotopic (exact) mass is 420 g/mol. The minimum atomic E-state index is -4.71. The third-order valence-electron chi connectivity index (χ3n) is 4.05. The Hall–Kier alpha value is -3.89. The number of hydrogen-bond donors (Lipinski definition) is 1. The Balaban J connectivity index is 1.56. The molecule has 1 heterocycles. The maximum absolute atomic E-state index is 12.7. The lowest BCUT2D eigenvalue weighted by molar-refractivity contribution is -0.384. The lowest BCUT2D eigenvalue weighted by Crippen LogP contribution is -2.17. The van der Waals surface area contributed by atoms with Gasteiger partial charge >= 0.3 is 12.1 Å². The number of esters is 1. The van der Waals surface area contributed by atoms with E-state index in [0.717, 1.165) is 11.8 Å². The van der Waals surface area contributed by atoms with Gasteiger partial charge in [-0.05, 0) is 35.9 Å². The van der Waals surface area contributed by atoms with Crippen LogP contribution in [0.1, 0.15) is 11.1 Å². The van der Waals surface area contributed by atoms with Gasteiger partial charge < -0.3 is 10.1 Å². The van der Waals surface area contributed by atoms with E-state index >= 15 is 0 Å². The standard InChI is InChI=1S/C19H15F3N4O4/c20-19(21,22)14-4-7-16(17(10-14)26(28)29)23-11-18(27)30-12-13-2-5-15(6-3-13)25-9-1-8-24-25/h1-10,23H,11-12H2. The van der Waals surface area contributed by atoms with Gasteiger partial charge in [0.25, 0.3) is 5.69 Å². The number of nitrogens with one attached hydrogen (secondary N) is 1. The smallest absolute Gasteiger partial charge is 0.416 e. The number of benzene rings is 2. The van der Waals surface area contributed by atoms with E-state index in [2.05, 4.69) is 10.4 Å². The number of anilines is 1. The van der Waals surface area contributed by atoms with Gasteiger partial charge in [0.2, 0.25) is 0 Å². The highest BCUT2D eigenvalue weighted by atomic mass is 19.4. The predicted octanol–water partition coefficient (Wildman–Crippen LogP) is 3.95. The molecule has 0 atom stereocenters. The van der Waals surface area contributed by atoms with Gasteiger partial charge in [0.1, 0.15) is 18.8 Å². The van der Waals surface area contributed by atoms with Crippen LogP contribution in [0.25, 0.3) is 5.69 Å². The number of hydrogen-bond acceptors (Lipinski definition) is 6. The molecule has 11 heteroatoms. The predicted molar refractivity (Wildman–Crippen MR) is 99.9 cm³/mol. The second kappa shape index (κ2) is 8.64. The summed E-state index contributed by atoms with van der Waals surface area (Å²) in [7, 11) is 0. The summed E-state index contributed by atoms with van der Waals surface area (Å²) in [5.74, 6) is -0.722. The first-order valence-electron chi connectivity index (χ1n) is 8.58. The molecule has 0 aliphatic heterocycles. The van der Waals surface area contributed by atoms with Gasteiger partial charge in [-0.2, -0.15) is 18.3 Å². The maximum atomic E-state index is 12.7. The number of carbonyl (C=O) groups excluding carboxylic acids is 1. The molecule has 0 unspecified atom stereocenters. The molecule has 0 bridgehead atoms. The van der Waals surface area contributed by atoms with Gasteiger partial charge in [0.05, 0.1) is 16.2 Å². The zero-order valence-corrected chi connectivity index (χ0v) is 15.3. The number of ether oxygens (including phenoxy) is 1. The number of nitro groups is 1. The zero-order valence-electron chi connectivity index (χ0n) is 15.3. The fourth-order valence-electron chi connectivity index (χ4n) is 2.56. The molecule has 3 rings (SSSR count). The molecule has 0 amide bonds. The van der Waals surface area contributed by atoms with Crippen LogP contribution < -0.4 is 5.32 Å². The number of rotatable bonds is 7. The second-order valence-electron chi connectivity index (χ2n) is 6.12. The van der Waals surface area contributed by atoms with E-state index < -0.39 is 34.9 Å². The lowest BCUT2D eigenvalue weighted by atomic mass is 10.1. The molecule has 2 aromatic carbocycles. The van der Waals surface area contributed by atoms with Gasteiger partial charge in [0.15, 0.2) is 0 Å². The first-order chi connectivity index (χ1) is 14.2. The molecule has 30 heavy (non-hydrogen) atoms. The number of carbonyl (C=O) groups is 1. The average molecular weight is 420 g/mol. The second-order valence-corrected chi connectivity index (χ2v) is 6.12. The third-order valence-corrected chi connectivity index (χ3v) is 4.05. The van der Waals surface area contributed by atoms with Gasteiger partial charge in [-0.15, -0.1) is 0 Å². The Morgan fingerprint density at radius 1 is 1.20 bits per heavy atom. The lowest BCUT2D eigenvalue weighted by Gasteiger charge is -2.11. The minimum Gasteiger partial charge on any atom is -0.460 e. The van der Waals surface area contributed by atoms with Crippen molar-refractivity contribution in [2.75, 3.05) is 11.9 Å². The summed E-state index contributed by atoms with van der Waals surface area (Å²) < 4.78 is 44.9. The molecular formula is C19H15F3N4O4. The number of alkyl halides is 3. The highest BCUT2D eigenvalue weighted by Crippen LogP contribution is 2.34. The topological polar surface area (TPSA) is 99.3 Å². The third kappa shape index (κ3) is 5.13. The molecule has 0 radical (unpaired) electrons. The van der Waals surface area contributed by atoms with E-state index in [1.807, 2.05) is 0 Å². The summed E-state index contributed by atoms with van der Waals surface area (Å²) in [5.41, 5.74) is -0.618. The van der Waals surface area contributed by atoms with Crippen LogP contribution in [0.3, 0.4) is 0 Å². The molecule has 0 aliphatic rings. The number of aromatic nitrogens is 2. The summed E-state index contributed by atoms with van der Waals surface area (Å²) in [4.78, 5) is 22.0. The van der Waals surface area contributed by atoms with Crippen molar-refractivity contribution in [3.8, 4) is 5.69 Å². The van der Waals surface area contributed by atoms with Crippen molar-refractivity contribution in [1.29, 1.82) is 0 Å². The van der Waals surface area contributed by atoms with Crippen molar-refractivity contribution in [3.63, 3.8) is 0 Å². The molecule has 1 aromatic heterocycles. The molecule has 0 saturated carbocycles. The number of halogens is 3. The van der Waals surface area contributed by atoms with Crippen LogP contribution in [0, 0.1) is 10.1 Å². The molecule has 0 fully saturated rings. The van der Waals surface area contributed by atoms with E-state index in [-0.39, 0.29) is 12.3 Å². The SMILES string of the molecule is O=C(CNc1ccc(C(F)(F)F)cc1[N+](=O)[O-])OCc1ccc(-n2cccn2)cc1. The minimum absolute atomic E-state index is 0.0327. The Kier molecular flexibility index (Phi) is 6.00. The van der Waals surface area contributed by atoms with Crippen LogP contribution in [0.5, 0.6) is 0 Å². The normalized spacial score (nSPS) is 11.2. The maximum Gasteiger partial charge on any atom is 0.416 e. The first kappa shape index (κ1) is 20.8. The average Bonchev–Trinajstić information content (AvgIpc) is 3.25. The first-order valence-corrected chi connectivity index (χ1v) is 8.58. The Morgan fingerprint density at radius 3 is 2.53 bits per heavy atom. The molecule has 8 nitrogen and oxygen atoms in total. The van der Waals surface area contributed by atoms with Gasteiger partial charge in [-0.1, -0.05) is 12.1 Å². The van der Waals surface area contributed by atoms with Crippen LogP contribution >= 0.6 is 0 Å².